The molecule has 0 amide bonds. The van der Waals surface area contributed by atoms with E-state index in [1.807, 2.05) is 50.7 Å². The molecule has 10 heteroatoms. The van der Waals surface area contributed by atoms with Crippen LogP contribution in [0.1, 0.15) is 70.3 Å². The molecule has 3 aromatic heterocycles. The number of nitrogens with one attached hydrogen (secondary N) is 2. The lowest BCUT2D eigenvalue weighted by molar-refractivity contribution is 0.254. The van der Waals surface area contributed by atoms with Gasteiger partial charge in [-0.3, -0.25) is 4.90 Å². The summed E-state index contributed by atoms with van der Waals surface area (Å²) >= 11 is 0. The number of imidazole rings is 1. The molecule has 8 nitrogen and oxygen atoms in total. The van der Waals surface area contributed by atoms with Crippen LogP contribution in [0.15, 0.2) is 36.7 Å². The fourth-order valence-electron chi connectivity index (χ4n) is 5.14. The molecule has 0 fully saturated rings. The standard InChI is InChI=1S/C31H42F2N8/c1-6-7-9-14-40(15-10-8-13-34-5)20-23-11-12-28(35-18-23)38-31-36-19-26(33)29(39-31)24-16-25(32)30-27(17-24)41(21(2)3)22(4)37-30/h11-12,16-19,21,34H,6-10,13-15,20H2,1-5H3,(H,35,36,38,39). The molecule has 0 spiro atoms. The first-order chi connectivity index (χ1) is 19.8. The highest BCUT2D eigenvalue weighted by molar-refractivity contribution is 5.83. The third-order valence-electron chi connectivity index (χ3n) is 7.16. The van der Waals surface area contributed by atoms with E-state index in [4.69, 9.17) is 0 Å². The molecule has 4 rings (SSSR count). The van der Waals surface area contributed by atoms with Gasteiger partial charge in [0.1, 0.15) is 22.9 Å². The van der Waals surface area contributed by atoms with Crippen LogP contribution < -0.4 is 10.6 Å². The minimum absolute atomic E-state index is 0.00933. The van der Waals surface area contributed by atoms with E-state index in [0.717, 1.165) is 50.8 Å². The largest absolute Gasteiger partial charge is 0.326 e. The van der Waals surface area contributed by atoms with Crippen LogP contribution in [0.3, 0.4) is 0 Å². The van der Waals surface area contributed by atoms with E-state index < -0.39 is 11.6 Å². The smallest absolute Gasteiger partial charge is 0.229 e. The maximum atomic E-state index is 15.0. The maximum Gasteiger partial charge on any atom is 0.229 e. The van der Waals surface area contributed by atoms with Gasteiger partial charge in [0.25, 0.3) is 0 Å². The van der Waals surface area contributed by atoms with Crippen molar-refractivity contribution >= 4 is 22.8 Å². The molecule has 220 valence electrons. The monoisotopic (exact) mass is 564 g/mol. The Hall–Kier alpha value is -3.50. The number of rotatable bonds is 15. The van der Waals surface area contributed by atoms with E-state index >= 15 is 4.39 Å². The highest BCUT2D eigenvalue weighted by atomic mass is 19.1. The Bertz CT molecular complexity index is 1420. The first-order valence-corrected chi connectivity index (χ1v) is 14.6. The summed E-state index contributed by atoms with van der Waals surface area (Å²) in [5, 5.41) is 6.28. The molecule has 4 aromatic rings. The zero-order valence-corrected chi connectivity index (χ0v) is 24.8. The molecule has 3 heterocycles. The fraction of sp³-hybridized carbons (Fsp3) is 0.484. The van der Waals surface area contributed by atoms with Crippen molar-refractivity contribution in [2.75, 3.05) is 32.0 Å². The fourth-order valence-corrected chi connectivity index (χ4v) is 5.14. The van der Waals surface area contributed by atoms with Crippen molar-refractivity contribution in [2.45, 2.75) is 72.4 Å². The van der Waals surface area contributed by atoms with E-state index in [1.54, 1.807) is 6.07 Å². The Labute approximate surface area is 241 Å². The molecule has 2 N–H and O–H groups in total. The van der Waals surface area contributed by atoms with Crippen LogP contribution in [-0.4, -0.2) is 56.1 Å². The molecular weight excluding hydrogens is 522 g/mol. The third-order valence-corrected chi connectivity index (χ3v) is 7.16. The Kier molecular flexibility index (Phi) is 10.7. The van der Waals surface area contributed by atoms with Gasteiger partial charge in [-0.2, -0.15) is 0 Å². The Balaban J connectivity index is 1.49. The lowest BCUT2D eigenvalue weighted by Crippen LogP contribution is -2.26. The van der Waals surface area contributed by atoms with Crippen LogP contribution in [0.4, 0.5) is 20.5 Å². The predicted molar refractivity (Wildman–Crippen MR) is 161 cm³/mol. The summed E-state index contributed by atoms with van der Waals surface area (Å²) in [6, 6.07) is 6.98. The van der Waals surface area contributed by atoms with E-state index in [0.29, 0.717) is 22.7 Å². The number of halogens is 2. The van der Waals surface area contributed by atoms with Crippen molar-refractivity contribution < 1.29 is 8.78 Å². The van der Waals surface area contributed by atoms with E-state index in [1.165, 1.54) is 25.3 Å². The van der Waals surface area contributed by atoms with Gasteiger partial charge in [-0.25, -0.2) is 28.7 Å². The average Bonchev–Trinajstić information content (AvgIpc) is 3.29. The SMILES string of the molecule is CCCCCN(CCCCNC)Cc1ccc(Nc2ncc(F)c(-c3cc(F)c4nc(C)n(C(C)C)c4c3)n2)nc1. The second-order valence-corrected chi connectivity index (χ2v) is 10.8. The second-order valence-electron chi connectivity index (χ2n) is 10.8. The number of aromatic nitrogens is 5. The number of hydrogen-bond donors (Lipinski definition) is 2. The highest BCUT2D eigenvalue weighted by Gasteiger charge is 2.18. The van der Waals surface area contributed by atoms with E-state index in [9.17, 15) is 4.39 Å². The normalized spacial score (nSPS) is 11.7. The zero-order chi connectivity index (χ0) is 29.4. The van der Waals surface area contributed by atoms with Crippen LogP contribution in [-0.2, 0) is 6.54 Å². The molecule has 0 aliphatic heterocycles. The van der Waals surface area contributed by atoms with Crippen LogP contribution in [0.5, 0.6) is 0 Å². The lowest BCUT2D eigenvalue weighted by Gasteiger charge is -2.22. The molecule has 0 atom stereocenters. The van der Waals surface area contributed by atoms with Crippen LogP contribution >= 0.6 is 0 Å². The van der Waals surface area contributed by atoms with Gasteiger partial charge in [0.05, 0.1) is 11.7 Å². The molecular formula is C31H42F2N8. The zero-order valence-electron chi connectivity index (χ0n) is 24.8. The Morgan fingerprint density at radius 2 is 1.73 bits per heavy atom. The number of pyridine rings is 1. The molecule has 0 radical (unpaired) electrons. The van der Waals surface area contributed by atoms with Crippen LogP contribution in [0, 0.1) is 18.6 Å². The quantitative estimate of drug-likeness (QED) is 0.154. The minimum Gasteiger partial charge on any atom is -0.326 e. The van der Waals surface area contributed by atoms with Gasteiger partial charge < -0.3 is 15.2 Å². The summed E-state index contributed by atoms with van der Waals surface area (Å²) in [7, 11) is 1.99. The summed E-state index contributed by atoms with van der Waals surface area (Å²) in [5.41, 5.74) is 2.32. The number of nitrogens with zero attached hydrogens (tertiary/aromatic N) is 6. The van der Waals surface area contributed by atoms with Crippen molar-refractivity contribution in [3.05, 3.63) is 59.7 Å². The number of hydrogen-bond acceptors (Lipinski definition) is 7. The number of anilines is 2. The van der Waals surface area contributed by atoms with Crippen molar-refractivity contribution in [3.63, 3.8) is 0 Å². The first kappa shape index (κ1) is 30.5. The predicted octanol–water partition coefficient (Wildman–Crippen LogP) is 6.79. The number of unbranched alkanes of at least 4 members (excludes halogenated alkanes) is 3. The maximum absolute atomic E-state index is 15.0. The number of fused-ring (bicyclic) bond motifs is 1. The van der Waals surface area contributed by atoms with Gasteiger partial charge in [0, 0.05) is 24.3 Å². The van der Waals surface area contributed by atoms with Crippen LogP contribution in [0.25, 0.3) is 22.3 Å². The third kappa shape index (κ3) is 7.83. The topological polar surface area (TPSA) is 83.8 Å². The molecule has 0 saturated heterocycles. The summed E-state index contributed by atoms with van der Waals surface area (Å²) in [6.07, 6.45) is 8.88. The first-order valence-electron chi connectivity index (χ1n) is 14.6. The number of aryl methyl sites for hydroxylation is 1. The van der Waals surface area contributed by atoms with Crippen molar-refractivity contribution in [3.8, 4) is 11.3 Å². The molecule has 0 unspecified atom stereocenters. The summed E-state index contributed by atoms with van der Waals surface area (Å²) in [5.74, 6) is 0.275. The second kappa shape index (κ2) is 14.4. The van der Waals surface area contributed by atoms with Crippen molar-refractivity contribution in [2.24, 2.45) is 0 Å². The van der Waals surface area contributed by atoms with Gasteiger partial charge in [0.15, 0.2) is 11.6 Å². The van der Waals surface area contributed by atoms with Gasteiger partial charge >= 0.3 is 0 Å². The lowest BCUT2D eigenvalue weighted by atomic mass is 10.1. The summed E-state index contributed by atoms with van der Waals surface area (Å²) in [6.45, 7) is 12.1. The van der Waals surface area contributed by atoms with E-state index in [2.05, 4.69) is 42.4 Å². The number of benzene rings is 1. The van der Waals surface area contributed by atoms with Gasteiger partial charge in [-0.15, -0.1) is 0 Å². The molecule has 1 aromatic carbocycles. The highest BCUT2D eigenvalue weighted by Crippen LogP contribution is 2.30. The molecule has 41 heavy (non-hydrogen) atoms. The molecule has 0 aliphatic carbocycles. The van der Waals surface area contributed by atoms with Gasteiger partial charge in [0.2, 0.25) is 5.95 Å². The van der Waals surface area contributed by atoms with Gasteiger partial charge in [-0.1, -0.05) is 25.8 Å². The van der Waals surface area contributed by atoms with Gasteiger partial charge in [-0.05, 0) is 90.5 Å². The Morgan fingerprint density at radius 1 is 0.951 bits per heavy atom. The average molecular weight is 565 g/mol. The summed E-state index contributed by atoms with van der Waals surface area (Å²) < 4.78 is 31.8. The Morgan fingerprint density at radius 3 is 2.41 bits per heavy atom. The van der Waals surface area contributed by atoms with E-state index in [-0.39, 0.29) is 23.2 Å². The minimum atomic E-state index is -0.636. The van der Waals surface area contributed by atoms with Crippen LogP contribution in [0.2, 0.25) is 0 Å². The van der Waals surface area contributed by atoms with Crippen molar-refractivity contribution in [1.82, 2.24) is 34.7 Å². The molecule has 0 aliphatic rings. The summed E-state index contributed by atoms with van der Waals surface area (Å²) in [4.78, 5) is 19.9. The van der Waals surface area contributed by atoms with Crippen molar-refractivity contribution in [1.29, 1.82) is 0 Å². The molecule has 0 bridgehead atoms. The molecule has 0 saturated carbocycles.